The highest BCUT2D eigenvalue weighted by molar-refractivity contribution is 6.01. The van der Waals surface area contributed by atoms with Crippen LogP contribution < -0.4 is 4.74 Å². The summed E-state index contributed by atoms with van der Waals surface area (Å²) >= 11 is 0. The average Bonchev–Trinajstić information content (AvgIpc) is 2.65. The SMILES string of the molecule is COc1ccc2cc(C(=O)C(C)C)n(C)c2c1. The van der Waals surface area contributed by atoms with Crippen LogP contribution in [0.15, 0.2) is 24.3 Å². The quantitative estimate of drug-likeness (QED) is 0.760. The van der Waals surface area contributed by atoms with E-state index in [0.717, 1.165) is 22.3 Å². The molecule has 0 fully saturated rings. The van der Waals surface area contributed by atoms with Crippen molar-refractivity contribution in [2.45, 2.75) is 13.8 Å². The number of ether oxygens (including phenoxy) is 1. The highest BCUT2D eigenvalue weighted by Crippen LogP contribution is 2.24. The molecule has 1 aromatic heterocycles. The Kier molecular flexibility index (Phi) is 2.92. The number of benzene rings is 1. The standard InChI is InChI=1S/C14H17NO2/c1-9(2)14(16)13-7-10-5-6-11(17-4)8-12(10)15(13)3/h5-9H,1-4H3. The fourth-order valence-corrected chi connectivity index (χ4v) is 1.97. The van der Waals surface area contributed by atoms with Gasteiger partial charge in [-0.05, 0) is 18.2 Å². The maximum Gasteiger partial charge on any atom is 0.181 e. The molecule has 0 N–H and O–H groups in total. The van der Waals surface area contributed by atoms with Crippen LogP contribution in [-0.4, -0.2) is 17.5 Å². The highest BCUT2D eigenvalue weighted by atomic mass is 16.5. The summed E-state index contributed by atoms with van der Waals surface area (Å²) in [7, 11) is 3.56. The van der Waals surface area contributed by atoms with Crippen molar-refractivity contribution in [2.75, 3.05) is 7.11 Å². The minimum Gasteiger partial charge on any atom is -0.497 e. The second kappa shape index (κ2) is 4.24. The second-order valence-electron chi connectivity index (χ2n) is 4.53. The molecular formula is C14H17NO2. The number of hydrogen-bond donors (Lipinski definition) is 0. The Hall–Kier alpha value is -1.77. The summed E-state index contributed by atoms with van der Waals surface area (Å²) in [5, 5.41) is 1.07. The molecule has 0 bridgehead atoms. The van der Waals surface area contributed by atoms with E-state index in [4.69, 9.17) is 4.74 Å². The molecule has 0 aliphatic carbocycles. The van der Waals surface area contributed by atoms with Gasteiger partial charge < -0.3 is 9.30 Å². The van der Waals surface area contributed by atoms with Crippen LogP contribution in [0.25, 0.3) is 10.9 Å². The predicted octanol–water partition coefficient (Wildman–Crippen LogP) is 3.03. The van der Waals surface area contributed by atoms with Gasteiger partial charge in [0.2, 0.25) is 0 Å². The zero-order chi connectivity index (χ0) is 12.6. The largest absolute Gasteiger partial charge is 0.497 e. The number of ketones is 1. The normalized spacial score (nSPS) is 11.1. The van der Waals surface area contributed by atoms with Crippen molar-refractivity contribution in [1.29, 1.82) is 0 Å². The van der Waals surface area contributed by atoms with Gasteiger partial charge in [-0.25, -0.2) is 0 Å². The molecule has 2 rings (SSSR count). The first-order valence-corrected chi connectivity index (χ1v) is 5.72. The average molecular weight is 231 g/mol. The number of methoxy groups -OCH3 is 1. The summed E-state index contributed by atoms with van der Waals surface area (Å²) < 4.78 is 7.13. The second-order valence-corrected chi connectivity index (χ2v) is 4.53. The first-order chi connectivity index (χ1) is 8.04. The zero-order valence-corrected chi connectivity index (χ0v) is 10.7. The fraction of sp³-hybridized carbons (Fsp3) is 0.357. The van der Waals surface area contributed by atoms with Gasteiger partial charge in [-0.15, -0.1) is 0 Å². The molecule has 17 heavy (non-hydrogen) atoms. The number of rotatable bonds is 3. The smallest absolute Gasteiger partial charge is 0.181 e. The third kappa shape index (κ3) is 1.93. The lowest BCUT2D eigenvalue weighted by Gasteiger charge is -2.06. The third-order valence-corrected chi connectivity index (χ3v) is 3.03. The summed E-state index contributed by atoms with van der Waals surface area (Å²) in [6.07, 6.45) is 0. The van der Waals surface area contributed by atoms with Gasteiger partial charge in [0.15, 0.2) is 5.78 Å². The minimum atomic E-state index is 0.0138. The molecule has 0 saturated heterocycles. The molecule has 0 atom stereocenters. The number of carbonyl (C=O) groups excluding carboxylic acids is 1. The van der Waals surface area contributed by atoms with Gasteiger partial charge >= 0.3 is 0 Å². The maximum atomic E-state index is 12.0. The lowest BCUT2D eigenvalue weighted by molar-refractivity contribution is 0.0931. The lowest BCUT2D eigenvalue weighted by Crippen LogP contribution is -2.11. The lowest BCUT2D eigenvalue weighted by atomic mass is 10.1. The van der Waals surface area contributed by atoms with Gasteiger partial charge in [0.05, 0.1) is 18.3 Å². The molecule has 1 aromatic carbocycles. The molecule has 90 valence electrons. The number of hydrogen-bond acceptors (Lipinski definition) is 2. The van der Waals surface area contributed by atoms with Crippen LogP contribution >= 0.6 is 0 Å². The first kappa shape index (κ1) is 11.7. The van der Waals surface area contributed by atoms with E-state index in [-0.39, 0.29) is 11.7 Å². The van der Waals surface area contributed by atoms with E-state index in [1.54, 1.807) is 7.11 Å². The van der Waals surface area contributed by atoms with Crippen LogP contribution in [-0.2, 0) is 7.05 Å². The molecule has 0 spiro atoms. The molecule has 0 unspecified atom stereocenters. The summed E-state index contributed by atoms with van der Waals surface area (Å²) in [5.41, 5.74) is 1.77. The molecule has 0 radical (unpaired) electrons. The number of Topliss-reactive ketones (excluding diaryl/α,β-unsaturated/α-hetero) is 1. The van der Waals surface area contributed by atoms with E-state index < -0.39 is 0 Å². The van der Waals surface area contributed by atoms with Crippen molar-refractivity contribution in [2.24, 2.45) is 13.0 Å². The first-order valence-electron chi connectivity index (χ1n) is 5.72. The molecule has 0 aliphatic rings. The van der Waals surface area contributed by atoms with E-state index >= 15 is 0 Å². The van der Waals surface area contributed by atoms with E-state index in [2.05, 4.69) is 0 Å². The topological polar surface area (TPSA) is 31.2 Å². The number of fused-ring (bicyclic) bond motifs is 1. The number of aryl methyl sites for hydroxylation is 1. The maximum absolute atomic E-state index is 12.0. The van der Waals surface area contributed by atoms with Gasteiger partial charge in [0.1, 0.15) is 5.75 Å². The molecule has 3 nitrogen and oxygen atoms in total. The molecule has 0 saturated carbocycles. The third-order valence-electron chi connectivity index (χ3n) is 3.03. The van der Waals surface area contributed by atoms with Crippen molar-refractivity contribution < 1.29 is 9.53 Å². The fourth-order valence-electron chi connectivity index (χ4n) is 1.97. The van der Waals surface area contributed by atoms with Gasteiger partial charge in [-0.2, -0.15) is 0 Å². The van der Waals surface area contributed by atoms with Crippen molar-refractivity contribution >= 4 is 16.7 Å². The Morgan fingerprint density at radius 1 is 1.29 bits per heavy atom. The Morgan fingerprint density at radius 2 is 2.00 bits per heavy atom. The summed E-state index contributed by atoms with van der Waals surface area (Å²) in [5.74, 6) is 0.991. The van der Waals surface area contributed by atoms with Crippen LogP contribution in [0.4, 0.5) is 0 Å². The van der Waals surface area contributed by atoms with Crippen molar-refractivity contribution in [3.8, 4) is 5.75 Å². The van der Waals surface area contributed by atoms with Crippen LogP contribution in [0.1, 0.15) is 24.3 Å². The molecule has 2 aromatic rings. The Bertz CT molecular complexity index is 567. The number of aromatic nitrogens is 1. The predicted molar refractivity (Wildman–Crippen MR) is 68.6 cm³/mol. The van der Waals surface area contributed by atoms with Crippen molar-refractivity contribution in [3.63, 3.8) is 0 Å². The van der Waals surface area contributed by atoms with E-state index in [1.807, 2.05) is 49.7 Å². The number of carbonyl (C=O) groups is 1. The summed E-state index contributed by atoms with van der Waals surface area (Å²) in [6, 6.07) is 7.78. The Labute approximate surface area is 101 Å². The molecule has 3 heteroatoms. The van der Waals surface area contributed by atoms with Crippen LogP contribution in [0.3, 0.4) is 0 Å². The Morgan fingerprint density at radius 3 is 2.59 bits per heavy atom. The Balaban J connectivity index is 2.61. The van der Waals surface area contributed by atoms with Gasteiger partial charge in [-0.3, -0.25) is 4.79 Å². The summed E-state index contributed by atoms with van der Waals surface area (Å²) in [4.78, 5) is 12.0. The van der Waals surface area contributed by atoms with Crippen LogP contribution in [0.2, 0.25) is 0 Å². The van der Waals surface area contributed by atoms with Crippen LogP contribution in [0, 0.1) is 5.92 Å². The van der Waals surface area contributed by atoms with Gasteiger partial charge in [0, 0.05) is 24.4 Å². The van der Waals surface area contributed by atoms with E-state index in [1.165, 1.54) is 0 Å². The monoisotopic (exact) mass is 231 g/mol. The van der Waals surface area contributed by atoms with E-state index in [9.17, 15) is 4.79 Å². The highest BCUT2D eigenvalue weighted by Gasteiger charge is 2.16. The zero-order valence-electron chi connectivity index (χ0n) is 10.7. The van der Waals surface area contributed by atoms with Gasteiger partial charge in [-0.1, -0.05) is 13.8 Å². The van der Waals surface area contributed by atoms with E-state index in [0.29, 0.717) is 0 Å². The molecule has 0 aliphatic heterocycles. The molecule has 1 heterocycles. The molecule has 0 amide bonds. The minimum absolute atomic E-state index is 0.0138. The van der Waals surface area contributed by atoms with Crippen molar-refractivity contribution in [3.05, 3.63) is 30.0 Å². The number of nitrogens with zero attached hydrogens (tertiary/aromatic N) is 1. The van der Waals surface area contributed by atoms with Crippen LogP contribution in [0.5, 0.6) is 5.75 Å². The molecular weight excluding hydrogens is 214 g/mol. The van der Waals surface area contributed by atoms with Gasteiger partial charge in [0.25, 0.3) is 0 Å². The summed E-state index contributed by atoms with van der Waals surface area (Å²) in [6.45, 7) is 3.83. The van der Waals surface area contributed by atoms with Crippen molar-refractivity contribution in [1.82, 2.24) is 4.57 Å².